The van der Waals surface area contributed by atoms with Crippen LogP contribution in [0.4, 0.5) is 5.69 Å². The second-order valence-electron chi connectivity index (χ2n) is 9.93. The third-order valence-corrected chi connectivity index (χ3v) is 6.99. The Balaban J connectivity index is 1.71. The number of hydrogen-bond donors (Lipinski definition) is 1. The number of nitrogens with zero attached hydrogens (tertiary/aromatic N) is 4. The van der Waals surface area contributed by atoms with Gasteiger partial charge in [-0.3, -0.25) is 0 Å². The molecule has 1 N–H and O–H groups in total. The van der Waals surface area contributed by atoms with Crippen LogP contribution in [0.5, 0.6) is 5.75 Å². The van der Waals surface area contributed by atoms with Crippen molar-refractivity contribution in [3.05, 3.63) is 70.0 Å². The Morgan fingerprint density at radius 3 is 2.41 bits per heavy atom. The van der Waals surface area contributed by atoms with Gasteiger partial charge in [0.1, 0.15) is 5.75 Å². The molecule has 3 aromatic rings. The molecule has 0 unspecified atom stereocenters. The molecular weight excluding hydrogens is 469 g/mol. The Morgan fingerprint density at radius 1 is 1.09 bits per heavy atom. The standard InChI is InChI=1S/C26H31Cl2N5O/c1-25(2,3)23(14-8-18-7-9-19(27)17-22(18)28)33-24(30-31-32-33)26(15-5-6-16-26)29-20-10-12-21(34-4)13-11-20/h7-14,17,23,29H,5-6,15-16H2,1-4H3/b14-8+/t23-/m0/s1. The van der Waals surface area contributed by atoms with Gasteiger partial charge >= 0.3 is 0 Å². The number of ether oxygens (including phenoxy) is 1. The number of nitrogens with one attached hydrogen (secondary N) is 1. The van der Waals surface area contributed by atoms with Gasteiger partial charge in [0.15, 0.2) is 5.82 Å². The molecule has 1 heterocycles. The highest BCUT2D eigenvalue weighted by atomic mass is 35.5. The van der Waals surface area contributed by atoms with E-state index in [1.54, 1.807) is 13.2 Å². The first kappa shape index (κ1) is 24.6. The molecule has 8 heteroatoms. The summed E-state index contributed by atoms with van der Waals surface area (Å²) < 4.78 is 7.29. The highest BCUT2D eigenvalue weighted by Crippen LogP contribution is 2.43. The first-order chi connectivity index (χ1) is 16.2. The molecule has 34 heavy (non-hydrogen) atoms. The van der Waals surface area contributed by atoms with Gasteiger partial charge in [-0.05, 0) is 70.6 Å². The van der Waals surface area contributed by atoms with Crippen LogP contribution in [0.15, 0.2) is 48.5 Å². The summed E-state index contributed by atoms with van der Waals surface area (Å²) in [5, 5.41) is 18.2. The minimum Gasteiger partial charge on any atom is -0.497 e. The zero-order valence-electron chi connectivity index (χ0n) is 20.1. The second kappa shape index (κ2) is 9.96. The SMILES string of the molecule is COc1ccc(NC2(c3nnnn3[C@@H](/C=C/c3ccc(Cl)cc3Cl)C(C)(C)C)CCCC2)cc1. The lowest BCUT2D eigenvalue weighted by Gasteiger charge is -2.35. The minimum absolute atomic E-state index is 0.0839. The fourth-order valence-electron chi connectivity index (χ4n) is 4.60. The van der Waals surface area contributed by atoms with Gasteiger partial charge in [-0.25, -0.2) is 4.68 Å². The van der Waals surface area contributed by atoms with Gasteiger partial charge in [-0.15, -0.1) is 5.10 Å². The molecule has 180 valence electrons. The van der Waals surface area contributed by atoms with Crippen LogP contribution in [0.1, 0.15) is 63.9 Å². The van der Waals surface area contributed by atoms with Gasteiger partial charge in [-0.1, -0.05) is 75.0 Å². The third kappa shape index (κ3) is 5.23. The molecule has 0 spiro atoms. The molecule has 1 aliphatic carbocycles. The average Bonchev–Trinajstić information content (AvgIpc) is 3.45. The van der Waals surface area contributed by atoms with Gasteiger partial charge in [0.2, 0.25) is 0 Å². The van der Waals surface area contributed by atoms with Crippen LogP contribution < -0.4 is 10.1 Å². The zero-order chi connectivity index (χ0) is 24.3. The van der Waals surface area contributed by atoms with Crippen molar-refractivity contribution in [3.8, 4) is 5.75 Å². The van der Waals surface area contributed by atoms with Crippen molar-refractivity contribution in [1.29, 1.82) is 0 Å². The number of halogens is 2. The third-order valence-electron chi connectivity index (χ3n) is 6.42. The van der Waals surface area contributed by atoms with Gasteiger partial charge in [0.25, 0.3) is 0 Å². The predicted octanol–water partition coefficient (Wildman–Crippen LogP) is 7.17. The van der Waals surface area contributed by atoms with E-state index in [-0.39, 0.29) is 17.0 Å². The van der Waals surface area contributed by atoms with Crippen LogP contribution in [0.3, 0.4) is 0 Å². The van der Waals surface area contributed by atoms with Crippen LogP contribution in [-0.4, -0.2) is 27.3 Å². The topological polar surface area (TPSA) is 64.9 Å². The number of rotatable bonds is 7. The summed E-state index contributed by atoms with van der Waals surface area (Å²) in [5.74, 6) is 1.68. The Kier molecular flexibility index (Phi) is 7.20. The number of benzene rings is 2. The first-order valence-electron chi connectivity index (χ1n) is 11.6. The zero-order valence-corrected chi connectivity index (χ0v) is 21.6. The summed E-state index contributed by atoms with van der Waals surface area (Å²) >= 11 is 12.5. The molecule has 0 bridgehead atoms. The van der Waals surface area contributed by atoms with Gasteiger partial charge in [-0.2, -0.15) is 0 Å². The van der Waals surface area contributed by atoms with E-state index in [9.17, 15) is 0 Å². The molecule has 1 aromatic heterocycles. The first-order valence-corrected chi connectivity index (χ1v) is 12.3. The number of methoxy groups -OCH3 is 1. The van der Waals surface area contributed by atoms with Crippen LogP contribution in [0.25, 0.3) is 6.08 Å². The molecule has 0 aliphatic heterocycles. The highest BCUT2D eigenvalue weighted by Gasteiger charge is 2.42. The molecule has 2 aromatic carbocycles. The normalized spacial score (nSPS) is 16.6. The molecule has 0 amide bonds. The highest BCUT2D eigenvalue weighted by molar-refractivity contribution is 6.35. The van der Waals surface area contributed by atoms with E-state index in [0.29, 0.717) is 10.0 Å². The largest absolute Gasteiger partial charge is 0.497 e. The van der Waals surface area contributed by atoms with Gasteiger partial charge < -0.3 is 10.1 Å². The molecule has 1 aliphatic rings. The van der Waals surface area contributed by atoms with E-state index in [4.69, 9.17) is 27.9 Å². The number of anilines is 1. The van der Waals surface area contributed by atoms with E-state index in [2.05, 4.69) is 47.7 Å². The van der Waals surface area contributed by atoms with Crippen molar-refractivity contribution in [1.82, 2.24) is 20.2 Å². The summed E-state index contributed by atoms with van der Waals surface area (Å²) in [6.45, 7) is 6.57. The lowest BCUT2D eigenvalue weighted by atomic mass is 9.85. The van der Waals surface area contributed by atoms with E-state index in [1.807, 2.05) is 47.2 Å². The Morgan fingerprint density at radius 2 is 1.79 bits per heavy atom. The summed E-state index contributed by atoms with van der Waals surface area (Å²) in [5.41, 5.74) is 1.45. The summed E-state index contributed by atoms with van der Waals surface area (Å²) in [7, 11) is 1.67. The van der Waals surface area contributed by atoms with Crippen LogP contribution in [-0.2, 0) is 5.54 Å². The van der Waals surface area contributed by atoms with Crippen molar-refractivity contribution in [2.75, 3.05) is 12.4 Å². The lowest BCUT2D eigenvalue weighted by molar-refractivity contribution is 0.254. The fourth-order valence-corrected chi connectivity index (χ4v) is 5.07. The molecule has 1 atom stereocenters. The van der Waals surface area contributed by atoms with Crippen molar-refractivity contribution in [2.24, 2.45) is 5.41 Å². The molecule has 4 rings (SSSR count). The fraction of sp³-hybridized carbons (Fsp3) is 0.423. The van der Waals surface area contributed by atoms with Gasteiger partial charge in [0.05, 0.1) is 18.7 Å². The smallest absolute Gasteiger partial charge is 0.177 e. The maximum atomic E-state index is 6.42. The van der Waals surface area contributed by atoms with Crippen LogP contribution >= 0.6 is 23.2 Å². The molecule has 0 saturated heterocycles. The van der Waals surface area contributed by atoms with Crippen molar-refractivity contribution in [2.45, 2.75) is 58.0 Å². The predicted molar refractivity (Wildman–Crippen MR) is 139 cm³/mol. The summed E-state index contributed by atoms with van der Waals surface area (Å²) in [4.78, 5) is 0. The van der Waals surface area contributed by atoms with Crippen molar-refractivity contribution >= 4 is 35.0 Å². The van der Waals surface area contributed by atoms with Crippen LogP contribution in [0.2, 0.25) is 10.0 Å². The van der Waals surface area contributed by atoms with E-state index < -0.39 is 0 Å². The molecule has 1 saturated carbocycles. The molecular formula is C26H31Cl2N5O. The molecule has 0 radical (unpaired) electrons. The lowest BCUT2D eigenvalue weighted by Crippen LogP contribution is -2.38. The van der Waals surface area contributed by atoms with Crippen molar-refractivity contribution < 1.29 is 4.74 Å². The number of allylic oxidation sites excluding steroid dienone is 1. The van der Waals surface area contributed by atoms with E-state index >= 15 is 0 Å². The minimum atomic E-state index is -0.340. The Bertz CT molecular complexity index is 1140. The maximum Gasteiger partial charge on any atom is 0.177 e. The van der Waals surface area contributed by atoms with Crippen LogP contribution in [0, 0.1) is 5.41 Å². The maximum absolute atomic E-state index is 6.42. The quantitative estimate of drug-likeness (QED) is 0.373. The number of aromatic nitrogens is 4. The molecule has 6 nitrogen and oxygen atoms in total. The second-order valence-corrected chi connectivity index (χ2v) is 10.8. The van der Waals surface area contributed by atoms with E-state index in [0.717, 1.165) is 48.5 Å². The van der Waals surface area contributed by atoms with Gasteiger partial charge in [0, 0.05) is 15.7 Å². The van der Waals surface area contributed by atoms with Crippen molar-refractivity contribution in [3.63, 3.8) is 0 Å². The summed E-state index contributed by atoms with van der Waals surface area (Å²) in [6.07, 6.45) is 8.31. The Hall–Kier alpha value is -2.57. The number of tetrazole rings is 1. The Labute approximate surface area is 211 Å². The monoisotopic (exact) mass is 499 g/mol. The average molecular weight is 500 g/mol. The van der Waals surface area contributed by atoms with E-state index in [1.165, 1.54) is 0 Å². The number of hydrogen-bond acceptors (Lipinski definition) is 5. The summed E-state index contributed by atoms with van der Waals surface area (Å²) in [6, 6.07) is 13.4. The molecule has 1 fully saturated rings.